The molecule has 1 aliphatic carbocycles. The zero-order valence-electron chi connectivity index (χ0n) is 22.0. The molecule has 1 aromatic carbocycles. The van der Waals surface area contributed by atoms with Crippen molar-refractivity contribution >= 4 is 23.6 Å². The highest BCUT2D eigenvalue weighted by Gasteiger charge is 2.52. The second-order valence-electron chi connectivity index (χ2n) is 11.5. The van der Waals surface area contributed by atoms with Gasteiger partial charge in [0.25, 0.3) is 0 Å². The fraction of sp³-hybridized carbons (Fsp3) is 0.667. The van der Waals surface area contributed by atoms with E-state index in [-0.39, 0.29) is 17.9 Å². The number of primary amides is 1. The molecule has 0 spiro atoms. The van der Waals surface area contributed by atoms with Crippen molar-refractivity contribution in [2.45, 2.75) is 76.6 Å². The average Bonchev–Trinajstić information content (AvgIpc) is 3.35. The van der Waals surface area contributed by atoms with Crippen LogP contribution in [-0.4, -0.2) is 84.7 Å². The monoisotopic (exact) mass is 499 g/mol. The molecule has 3 aliphatic rings. The molecule has 0 unspecified atom stereocenters. The summed E-state index contributed by atoms with van der Waals surface area (Å²) in [6.45, 7) is 9.56. The number of hydrogen-bond donors (Lipinski definition) is 2. The molecular weight excluding hydrogens is 458 g/mol. The fourth-order valence-corrected chi connectivity index (χ4v) is 5.77. The van der Waals surface area contributed by atoms with E-state index in [9.17, 15) is 14.4 Å². The number of piperidine rings is 1. The summed E-state index contributed by atoms with van der Waals surface area (Å²) in [6, 6.07) is 6.65. The fourth-order valence-electron chi connectivity index (χ4n) is 5.77. The minimum atomic E-state index is -0.852. The van der Waals surface area contributed by atoms with Gasteiger partial charge in [0, 0.05) is 37.8 Å². The Kier molecular flexibility index (Phi) is 7.78. The molecule has 4 rings (SSSR count). The smallest absolute Gasteiger partial charge is 0.411 e. The van der Waals surface area contributed by atoms with Crippen LogP contribution in [0.5, 0.6) is 0 Å². The number of likely N-dealkylation sites (tertiary alicyclic amines) is 1. The lowest BCUT2D eigenvalue weighted by Gasteiger charge is -2.36. The molecule has 9 nitrogen and oxygen atoms in total. The molecule has 1 saturated carbocycles. The second kappa shape index (κ2) is 10.7. The predicted molar refractivity (Wildman–Crippen MR) is 139 cm³/mol. The molecule has 9 heteroatoms. The van der Waals surface area contributed by atoms with Crippen LogP contribution >= 0.6 is 0 Å². The lowest BCUT2D eigenvalue weighted by atomic mass is 9.97. The molecule has 2 heterocycles. The van der Waals surface area contributed by atoms with Gasteiger partial charge in [-0.25, -0.2) is 4.79 Å². The number of hydrogen-bond acceptors (Lipinski definition) is 6. The van der Waals surface area contributed by atoms with Crippen molar-refractivity contribution in [2.24, 2.45) is 11.7 Å². The maximum absolute atomic E-state index is 13.4. The van der Waals surface area contributed by atoms with Crippen molar-refractivity contribution in [1.82, 2.24) is 15.1 Å². The Balaban J connectivity index is 1.41. The van der Waals surface area contributed by atoms with E-state index in [0.717, 1.165) is 63.1 Å². The van der Waals surface area contributed by atoms with E-state index in [4.69, 9.17) is 10.5 Å². The molecule has 2 aliphatic heterocycles. The van der Waals surface area contributed by atoms with Crippen molar-refractivity contribution in [3.05, 3.63) is 29.8 Å². The molecule has 2 saturated heterocycles. The third-order valence-corrected chi connectivity index (χ3v) is 7.58. The third-order valence-electron chi connectivity index (χ3n) is 7.58. The Morgan fingerprint density at radius 2 is 1.81 bits per heavy atom. The van der Waals surface area contributed by atoms with Crippen LogP contribution in [0.25, 0.3) is 0 Å². The van der Waals surface area contributed by atoms with Gasteiger partial charge in [0.1, 0.15) is 17.7 Å². The Bertz CT molecular complexity index is 960. The number of benzene rings is 1. The number of rotatable bonds is 6. The minimum Gasteiger partial charge on any atom is -0.444 e. The van der Waals surface area contributed by atoms with E-state index in [1.165, 1.54) is 0 Å². The second-order valence-corrected chi connectivity index (χ2v) is 11.5. The minimum absolute atomic E-state index is 0.000975. The standard InChI is InChI=1S/C27H41N5O4/c1-27(2,3)36-26(35)32-21-11-8-19(17-21)23(32)25(34)29-22(24(28)33)16-18-6-9-20(10-7-18)31-13-5-12-30(4)14-15-31/h6-7,9-10,19,21-23H,5,8,11-17H2,1-4H3,(H2,28,33)(H,29,34)/t19-,21+,22-,23-/m0/s1. The van der Waals surface area contributed by atoms with E-state index >= 15 is 0 Å². The van der Waals surface area contributed by atoms with Gasteiger partial charge in [0.05, 0.1) is 0 Å². The van der Waals surface area contributed by atoms with Crippen molar-refractivity contribution in [1.29, 1.82) is 0 Å². The highest BCUT2D eigenvalue weighted by Crippen LogP contribution is 2.43. The summed E-state index contributed by atoms with van der Waals surface area (Å²) in [7, 11) is 2.15. The van der Waals surface area contributed by atoms with Crippen LogP contribution in [0.2, 0.25) is 0 Å². The topological polar surface area (TPSA) is 108 Å². The third kappa shape index (κ3) is 6.11. The number of carbonyl (C=O) groups is 3. The van der Waals surface area contributed by atoms with Gasteiger partial charge in [-0.05, 0) is 83.7 Å². The molecule has 36 heavy (non-hydrogen) atoms. The van der Waals surface area contributed by atoms with Crippen molar-refractivity contribution in [3.8, 4) is 0 Å². The van der Waals surface area contributed by atoms with Gasteiger partial charge in [-0.2, -0.15) is 0 Å². The lowest BCUT2D eigenvalue weighted by Crippen LogP contribution is -2.57. The SMILES string of the molecule is CN1CCCN(c2ccc(C[C@H](NC(=O)[C@@H]3[C@H]4CC[C@H](C4)N3C(=O)OC(C)(C)C)C(N)=O)cc2)CC1. The first-order valence-corrected chi connectivity index (χ1v) is 13.2. The van der Waals surface area contributed by atoms with E-state index in [1.807, 2.05) is 32.9 Å². The largest absolute Gasteiger partial charge is 0.444 e. The number of amides is 3. The van der Waals surface area contributed by atoms with E-state index in [0.29, 0.717) is 6.42 Å². The van der Waals surface area contributed by atoms with E-state index in [1.54, 1.807) is 4.90 Å². The molecule has 0 aromatic heterocycles. The number of nitrogens with one attached hydrogen (secondary N) is 1. The average molecular weight is 500 g/mol. The van der Waals surface area contributed by atoms with Crippen LogP contribution in [0.15, 0.2) is 24.3 Å². The van der Waals surface area contributed by atoms with Crippen molar-refractivity contribution < 1.29 is 19.1 Å². The molecule has 3 N–H and O–H groups in total. The van der Waals surface area contributed by atoms with Gasteiger partial charge in [0.15, 0.2) is 0 Å². The van der Waals surface area contributed by atoms with Crippen LogP contribution in [-0.2, 0) is 20.7 Å². The first kappa shape index (κ1) is 26.3. The van der Waals surface area contributed by atoms with Crippen molar-refractivity contribution in [2.75, 3.05) is 38.1 Å². The molecular formula is C27H41N5O4. The Labute approximate surface area is 214 Å². The Morgan fingerprint density at radius 3 is 2.47 bits per heavy atom. The zero-order chi connectivity index (χ0) is 26.0. The zero-order valence-corrected chi connectivity index (χ0v) is 22.0. The lowest BCUT2D eigenvalue weighted by molar-refractivity contribution is -0.132. The number of fused-ring (bicyclic) bond motifs is 2. The maximum Gasteiger partial charge on any atom is 0.411 e. The summed E-state index contributed by atoms with van der Waals surface area (Å²) in [4.78, 5) is 44.9. The number of carbonyl (C=O) groups excluding carboxylic acids is 3. The number of anilines is 1. The molecule has 0 radical (unpaired) electrons. The van der Waals surface area contributed by atoms with Gasteiger partial charge in [-0.15, -0.1) is 0 Å². The molecule has 3 fully saturated rings. The quantitative estimate of drug-likeness (QED) is 0.621. The number of ether oxygens (including phenoxy) is 1. The molecule has 4 atom stereocenters. The van der Waals surface area contributed by atoms with Crippen LogP contribution < -0.4 is 16.0 Å². The summed E-state index contributed by atoms with van der Waals surface area (Å²) < 4.78 is 5.59. The highest BCUT2D eigenvalue weighted by atomic mass is 16.6. The van der Waals surface area contributed by atoms with Gasteiger partial charge in [-0.1, -0.05) is 12.1 Å². The summed E-state index contributed by atoms with van der Waals surface area (Å²) in [5, 5.41) is 2.85. The van der Waals surface area contributed by atoms with Gasteiger partial charge in [-0.3, -0.25) is 14.5 Å². The molecule has 198 valence electrons. The van der Waals surface area contributed by atoms with Gasteiger partial charge in [0.2, 0.25) is 11.8 Å². The summed E-state index contributed by atoms with van der Waals surface area (Å²) in [5.74, 6) is -0.847. The van der Waals surface area contributed by atoms with Crippen LogP contribution in [0.1, 0.15) is 52.0 Å². The molecule has 3 amide bonds. The molecule has 1 aromatic rings. The van der Waals surface area contributed by atoms with E-state index < -0.39 is 29.7 Å². The maximum atomic E-state index is 13.4. The molecule has 2 bridgehead atoms. The summed E-state index contributed by atoms with van der Waals surface area (Å²) in [5.41, 5.74) is 7.12. The summed E-state index contributed by atoms with van der Waals surface area (Å²) in [6.07, 6.45) is 3.49. The highest BCUT2D eigenvalue weighted by molar-refractivity contribution is 5.91. The van der Waals surface area contributed by atoms with E-state index in [2.05, 4.69) is 34.3 Å². The van der Waals surface area contributed by atoms with Crippen LogP contribution in [0, 0.1) is 5.92 Å². The first-order chi connectivity index (χ1) is 17.0. The Morgan fingerprint density at radius 1 is 1.08 bits per heavy atom. The number of nitrogens with zero attached hydrogens (tertiary/aromatic N) is 3. The number of likely N-dealkylation sites (N-methyl/N-ethyl adjacent to an activating group) is 1. The normalized spacial score (nSPS) is 25.4. The predicted octanol–water partition coefficient (Wildman–Crippen LogP) is 2.13. The number of nitrogens with two attached hydrogens (primary N) is 1. The first-order valence-electron chi connectivity index (χ1n) is 13.2. The van der Waals surface area contributed by atoms with Gasteiger partial charge >= 0.3 is 6.09 Å². The van der Waals surface area contributed by atoms with Gasteiger partial charge < -0.3 is 25.6 Å². The Hall–Kier alpha value is -2.81. The summed E-state index contributed by atoms with van der Waals surface area (Å²) >= 11 is 0. The van der Waals surface area contributed by atoms with Crippen LogP contribution in [0.3, 0.4) is 0 Å². The van der Waals surface area contributed by atoms with Crippen molar-refractivity contribution in [3.63, 3.8) is 0 Å². The van der Waals surface area contributed by atoms with Crippen LogP contribution in [0.4, 0.5) is 10.5 Å².